The molecule has 1 amide bonds. The van der Waals surface area contributed by atoms with Crippen molar-refractivity contribution >= 4 is 37.6 Å². The van der Waals surface area contributed by atoms with Crippen LogP contribution in [0.2, 0.25) is 0 Å². The molecule has 2 aromatic carbocycles. The second-order valence-electron chi connectivity index (χ2n) is 6.59. The van der Waals surface area contributed by atoms with Gasteiger partial charge in [0, 0.05) is 19.8 Å². The maximum Gasteiger partial charge on any atom is 0.338 e. The number of nitrogens with zero attached hydrogens (tertiary/aromatic N) is 1. The van der Waals surface area contributed by atoms with Crippen LogP contribution in [0, 0.1) is 0 Å². The molecular weight excluding hydrogens is 446 g/mol. The number of anilines is 1. The first-order chi connectivity index (χ1) is 14.4. The molecule has 0 aliphatic heterocycles. The van der Waals surface area contributed by atoms with Crippen LogP contribution in [-0.2, 0) is 29.6 Å². The van der Waals surface area contributed by atoms with Crippen molar-refractivity contribution in [1.82, 2.24) is 9.03 Å². The van der Waals surface area contributed by atoms with Gasteiger partial charge in [-0.25, -0.2) is 30.7 Å². The number of amides is 1. The van der Waals surface area contributed by atoms with E-state index in [0.29, 0.717) is 0 Å². The standard InChI is InChI=1S/C19H23N3O7S2/c1-13(29-19(24)14-7-5-9-16(11-14)30(25,26)20-2)18(23)21-15-8-6-10-17(12-15)31(27,28)22(3)4/h5-13,20H,1-4H3,(H,21,23). The van der Waals surface area contributed by atoms with Gasteiger partial charge >= 0.3 is 5.97 Å². The summed E-state index contributed by atoms with van der Waals surface area (Å²) < 4.78 is 56.5. The van der Waals surface area contributed by atoms with E-state index in [1.54, 1.807) is 0 Å². The first-order valence-electron chi connectivity index (χ1n) is 8.96. The Morgan fingerprint density at radius 2 is 1.58 bits per heavy atom. The molecule has 12 heteroatoms. The van der Waals surface area contributed by atoms with Crippen molar-refractivity contribution in [3.05, 3.63) is 54.1 Å². The highest BCUT2D eigenvalue weighted by atomic mass is 32.2. The lowest BCUT2D eigenvalue weighted by Crippen LogP contribution is -2.30. The number of rotatable bonds is 8. The third kappa shape index (κ3) is 5.88. The Morgan fingerprint density at radius 1 is 0.968 bits per heavy atom. The zero-order chi connectivity index (χ0) is 23.4. The van der Waals surface area contributed by atoms with Crippen molar-refractivity contribution in [3.63, 3.8) is 0 Å². The van der Waals surface area contributed by atoms with E-state index in [4.69, 9.17) is 4.74 Å². The van der Waals surface area contributed by atoms with E-state index >= 15 is 0 Å². The number of sulfonamides is 2. The van der Waals surface area contributed by atoms with E-state index in [1.165, 1.54) is 70.5 Å². The molecular formula is C19H23N3O7S2. The van der Waals surface area contributed by atoms with E-state index in [-0.39, 0.29) is 21.0 Å². The summed E-state index contributed by atoms with van der Waals surface area (Å²) in [6.07, 6.45) is -1.23. The van der Waals surface area contributed by atoms with Crippen molar-refractivity contribution in [2.45, 2.75) is 22.8 Å². The van der Waals surface area contributed by atoms with Crippen LogP contribution in [0.5, 0.6) is 0 Å². The van der Waals surface area contributed by atoms with Gasteiger partial charge < -0.3 is 10.1 Å². The van der Waals surface area contributed by atoms with E-state index in [2.05, 4.69) is 10.0 Å². The van der Waals surface area contributed by atoms with E-state index < -0.39 is 38.0 Å². The molecule has 0 aromatic heterocycles. The number of hydrogen-bond acceptors (Lipinski definition) is 7. The smallest absolute Gasteiger partial charge is 0.338 e. The molecule has 0 saturated carbocycles. The Hall–Kier alpha value is -2.80. The van der Waals surface area contributed by atoms with Gasteiger partial charge in [0.2, 0.25) is 20.0 Å². The van der Waals surface area contributed by atoms with Crippen LogP contribution in [-0.4, -0.2) is 60.3 Å². The van der Waals surface area contributed by atoms with Gasteiger partial charge in [0.25, 0.3) is 5.91 Å². The number of hydrogen-bond donors (Lipinski definition) is 2. The highest BCUT2D eigenvalue weighted by molar-refractivity contribution is 7.89. The van der Waals surface area contributed by atoms with Crippen molar-refractivity contribution < 1.29 is 31.2 Å². The number of benzene rings is 2. The lowest BCUT2D eigenvalue weighted by atomic mass is 10.2. The summed E-state index contributed by atoms with van der Waals surface area (Å²) in [7, 11) is -3.42. The largest absolute Gasteiger partial charge is 0.449 e. The van der Waals surface area contributed by atoms with Crippen LogP contribution in [0.3, 0.4) is 0 Å². The minimum atomic E-state index is -3.75. The molecule has 2 aromatic rings. The van der Waals surface area contributed by atoms with Crippen LogP contribution in [0.4, 0.5) is 5.69 Å². The summed E-state index contributed by atoms with van der Waals surface area (Å²) in [5, 5.41) is 2.49. The zero-order valence-corrected chi connectivity index (χ0v) is 19.0. The molecule has 0 radical (unpaired) electrons. The predicted octanol–water partition coefficient (Wildman–Crippen LogP) is 1.03. The highest BCUT2D eigenvalue weighted by Crippen LogP contribution is 2.19. The summed E-state index contributed by atoms with van der Waals surface area (Å²) in [4.78, 5) is 24.6. The molecule has 0 bridgehead atoms. The normalized spacial score (nSPS) is 12.9. The molecule has 2 rings (SSSR count). The fraction of sp³-hybridized carbons (Fsp3) is 0.263. The fourth-order valence-corrected chi connectivity index (χ4v) is 4.10. The second kappa shape index (κ2) is 9.56. The van der Waals surface area contributed by atoms with Gasteiger partial charge in [0.1, 0.15) is 0 Å². The topological polar surface area (TPSA) is 139 Å². The predicted molar refractivity (Wildman–Crippen MR) is 114 cm³/mol. The van der Waals surface area contributed by atoms with Crippen molar-refractivity contribution in [3.8, 4) is 0 Å². The van der Waals surface area contributed by atoms with Crippen LogP contribution < -0.4 is 10.0 Å². The maximum absolute atomic E-state index is 12.4. The molecule has 168 valence electrons. The van der Waals surface area contributed by atoms with Gasteiger partial charge in [-0.2, -0.15) is 0 Å². The molecule has 0 fully saturated rings. The molecule has 2 N–H and O–H groups in total. The number of ether oxygens (including phenoxy) is 1. The Labute approximate surface area is 181 Å². The maximum atomic E-state index is 12.4. The summed E-state index contributed by atoms with van der Waals surface area (Å²) in [6, 6.07) is 10.8. The van der Waals surface area contributed by atoms with E-state index in [9.17, 15) is 26.4 Å². The molecule has 0 aliphatic carbocycles. The highest BCUT2D eigenvalue weighted by Gasteiger charge is 2.22. The summed E-state index contributed by atoms with van der Waals surface area (Å²) in [5.41, 5.74) is 0.160. The zero-order valence-electron chi connectivity index (χ0n) is 17.3. The van der Waals surface area contributed by atoms with Gasteiger partial charge in [-0.05, 0) is 50.4 Å². The van der Waals surface area contributed by atoms with Gasteiger partial charge in [0.15, 0.2) is 6.10 Å². The Kier molecular flexibility index (Phi) is 7.54. The number of carbonyl (C=O) groups excluding carboxylic acids is 2. The molecule has 0 saturated heterocycles. The van der Waals surface area contributed by atoms with Crippen molar-refractivity contribution in [2.24, 2.45) is 0 Å². The summed E-state index contributed by atoms with van der Waals surface area (Å²) >= 11 is 0. The number of carbonyl (C=O) groups is 2. The van der Waals surface area contributed by atoms with Crippen molar-refractivity contribution in [1.29, 1.82) is 0 Å². The average Bonchev–Trinajstić information content (AvgIpc) is 2.73. The van der Waals surface area contributed by atoms with Gasteiger partial charge in [0.05, 0.1) is 15.4 Å². The minimum absolute atomic E-state index is 0.0116. The number of esters is 1. The molecule has 0 aliphatic rings. The van der Waals surface area contributed by atoms with Crippen LogP contribution in [0.25, 0.3) is 0 Å². The Balaban J connectivity index is 2.12. The molecule has 0 spiro atoms. The molecule has 10 nitrogen and oxygen atoms in total. The monoisotopic (exact) mass is 469 g/mol. The first kappa shape index (κ1) is 24.5. The van der Waals surface area contributed by atoms with Crippen LogP contribution >= 0.6 is 0 Å². The molecule has 31 heavy (non-hydrogen) atoms. The van der Waals surface area contributed by atoms with E-state index in [1.807, 2.05) is 0 Å². The second-order valence-corrected chi connectivity index (χ2v) is 10.6. The molecule has 0 heterocycles. The molecule has 1 unspecified atom stereocenters. The fourth-order valence-electron chi connectivity index (χ4n) is 2.38. The van der Waals surface area contributed by atoms with Crippen LogP contribution in [0.15, 0.2) is 58.3 Å². The summed E-state index contributed by atoms with van der Waals surface area (Å²) in [5.74, 6) is -1.58. The van der Waals surface area contributed by atoms with Crippen LogP contribution in [0.1, 0.15) is 17.3 Å². The molecule has 1 atom stereocenters. The quantitative estimate of drug-likeness (QED) is 0.551. The van der Waals surface area contributed by atoms with Gasteiger partial charge in [-0.15, -0.1) is 0 Å². The van der Waals surface area contributed by atoms with Gasteiger partial charge in [-0.3, -0.25) is 4.79 Å². The minimum Gasteiger partial charge on any atom is -0.449 e. The third-order valence-electron chi connectivity index (χ3n) is 4.18. The van der Waals surface area contributed by atoms with E-state index in [0.717, 1.165) is 10.4 Å². The number of nitrogens with one attached hydrogen (secondary N) is 2. The average molecular weight is 470 g/mol. The van der Waals surface area contributed by atoms with Gasteiger partial charge in [-0.1, -0.05) is 12.1 Å². The Morgan fingerprint density at radius 3 is 2.19 bits per heavy atom. The van der Waals surface area contributed by atoms with Crippen molar-refractivity contribution in [2.75, 3.05) is 26.5 Å². The summed E-state index contributed by atoms with van der Waals surface area (Å²) in [6.45, 7) is 1.34. The Bertz CT molecular complexity index is 1190. The third-order valence-corrected chi connectivity index (χ3v) is 7.41. The SMILES string of the molecule is CNS(=O)(=O)c1cccc(C(=O)OC(C)C(=O)Nc2cccc(S(=O)(=O)N(C)C)c2)c1. The lowest BCUT2D eigenvalue weighted by molar-refractivity contribution is -0.123. The lowest BCUT2D eigenvalue weighted by Gasteiger charge is -2.15. The first-order valence-corrected chi connectivity index (χ1v) is 11.9.